The lowest BCUT2D eigenvalue weighted by molar-refractivity contribution is 0.249. The SMILES string of the molecule is C/C=C\N/C1=C\C(C(C)(C)C)=C/C(C(C)(C)CC)CC2=C1C(C)(C)c1ccccc12.CCC. The number of rotatable bonds is 4. The van der Waals surface area contributed by atoms with Gasteiger partial charge in [0.15, 0.2) is 0 Å². The summed E-state index contributed by atoms with van der Waals surface area (Å²) in [6, 6.07) is 9.04. The Balaban J connectivity index is 0.00000122. The first-order valence-corrected chi connectivity index (χ1v) is 13.0. The Hall–Kier alpha value is -2.02. The number of nitrogens with one attached hydrogen (secondary N) is 1. The third-order valence-electron chi connectivity index (χ3n) is 7.41. The molecule has 1 unspecified atom stereocenters. The summed E-state index contributed by atoms with van der Waals surface area (Å²) in [6.45, 7) is 25.3. The molecule has 0 fully saturated rings. The highest BCUT2D eigenvalue weighted by molar-refractivity contribution is 5.84. The summed E-state index contributed by atoms with van der Waals surface area (Å²) < 4.78 is 0. The van der Waals surface area contributed by atoms with Crippen LogP contribution in [0, 0.1) is 16.7 Å². The number of hydrogen-bond acceptors (Lipinski definition) is 1. The molecule has 0 radical (unpaired) electrons. The van der Waals surface area contributed by atoms with Crippen LogP contribution in [0.2, 0.25) is 0 Å². The Kier molecular flexibility index (Phi) is 8.66. The van der Waals surface area contributed by atoms with Gasteiger partial charge >= 0.3 is 0 Å². The molecule has 0 bridgehead atoms. The average Bonchev–Trinajstić information content (AvgIpc) is 2.93. The van der Waals surface area contributed by atoms with E-state index < -0.39 is 0 Å². The van der Waals surface area contributed by atoms with Crippen LogP contribution in [0.25, 0.3) is 5.57 Å². The lowest BCUT2D eigenvalue weighted by Gasteiger charge is -2.37. The minimum Gasteiger partial charge on any atom is -0.362 e. The van der Waals surface area contributed by atoms with Gasteiger partial charge in [-0.25, -0.2) is 0 Å². The average molecular weight is 448 g/mol. The van der Waals surface area contributed by atoms with Crippen molar-refractivity contribution in [2.24, 2.45) is 16.7 Å². The largest absolute Gasteiger partial charge is 0.362 e. The Morgan fingerprint density at radius 1 is 1.03 bits per heavy atom. The molecule has 1 heteroatoms. The summed E-state index contributed by atoms with van der Waals surface area (Å²) in [5.41, 5.74) is 8.89. The van der Waals surface area contributed by atoms with Crippen molar-refractivity contribution in [3.8, 4) is 0 Å². The molecular weight excluding hydrogens is 398 g/mol. The lowest BCUT2D eigenvalue weighted by atomic mass is 9.69. The van der Waals surface area contributed by atoms with Gasteiger partial charge in [0.2, 0.25) is 0 Å². The number of benzene rings is 1. The number of fused-ring (bicyclic) bond motifs is 2. The fraction of sp³-hybridized carbons (Fsp3) is 0.562. The van der Waals surface area contributed by atoms with Crippen molar-refractivity contribution in [1.82, 2.24) is 5.32 Å². The molecule has 182 valence electrons. The standard InChI is InChI=1S/C29H41N.C3H8/c1-10-16-30-25-19-20(27(3,4)5)17-21(28(6,7)11-2)18-23-22-14-12-13-15-24(22)29(8,9)26(23)25;1-3-2/h10,12-17,19,21,30H,11,18H2,1-9H3;3H2,1-2H3/b16-10-,20-17+,25-19-;. The van der Waals surface area contributed by atoms with E-state index >= 15 is 0 Å². The van der Waals surface area contributed by atoms with Gasteiger partial charge in [-0.2, -0.15) is 0 Å². The van der Waals surface area contributed by atoms with E-state index in [0.29, 0.717) is 5.92 Å². The van der Waals surface area contributed by atoms with Crippen molar-refractivity contribution in [3.05, 3.63) is 76.7 Å². The Morgan fingerprint density at radius 3 is 2.18 bits per heavy atom. The van der Waals surface area contributed by atoms with Gasteiger partial charge in [-0.1, -0.05) is 118 Å². The summed E-state index contributed by atoms with van der Waals surface area (Å²) in [5, 5.41) is 3.65. The van der Waals surface area contributed by atoms with Crippen molar-refractivity contribution in [2.45, 2.75) is 101 Å². The van der Waals surface area contributed by atoms with E-state index in [0.717, 1.165) is 6.42 Å². The lowest BCUT2D eigenvalue weighted by Crippen LogP contribution is -2.27. The molecule has 0 aliphatic heterocycles. The number of allylic oxidation sites excluding steroid dienone is 6. The first-order valence-electron chi connectivity index (χ1n) is 13.0. The van der Waals surface area contributed by atoms with Gasteiger partial charge in [-0.15, -0.1) is 0 Å². The van der Waals surface area contributed by atoms with Crippen LogP contribution in [0.3, 0.4) is 0 Å². The minimum absolute atomic E-state index is 0.0203. The molecule has 2 aliphatic carbocycles. The fourth-order valence-corrected chi connectivity index (χ4v) is 4.94. The normalized spacial score (nSPS) is 23.3. The van der Waals surface area contributed by atoms with Gasteiger partial charge in [0.05, 0.1) is 0 Å². The zero-order valence-corrected chi connectivity index (χ0v) is 23.3. The first kappa shape index (κ1) is 27.2. The second kappa shape index (κ2) is 10.5. The van der Waals surface area contributed by atoms with Crippen molar-refractivity contribution in [1.29, 1.82) is 0 Å². The van der Waals surface area contributed by atoms with Gasteiger partial charge in [0, 0.05) is 11.1 Å². The second-order valence-corrected chi connectivity index (χ2v) is 12.0. The Morgan fingerprint density at radius 2 is 1.64 bits per heavy atom. The highest BCUT2D eigenvalue weighted by Gasteiger charge is 2.42. The zero-order valence-electron chi connectivity index (χ0n) is 23.3. The van der Waals surface area contributed by atoms with E-state index in [-0.39, 0.29) is 16.2 Å². The smallest absolute Gasteiger partial charge is 0.0426 e. The number of hydrogen-bond donors (Lipinski definition) is 1. The highest BCUT2D eigenvalue weighted by atomic mass is 14.9. The molecular formula is C32H49N. The van der Waals surface area contributed by atoms with Gasteiger partial charge in [-0.05, 0) is 70.2 Å². The van der Waals surface area contributed by atoms with Gasteiger partial charge in [0.25, 0.3) is 0 Å². The highest BCUT2D eigenvalue weighted by Crippen LogP contribution is 2.53. The molecule has 2 aliphatic rings. The van der Waals surface area contributed by atoms with Crippen LogP contribution in [0.15, 0.2) is 65.5 Å². The molecule has 1 atom stereocenters. The second-order valence-electron chi connectivity index (χ2n) is 12.0. The van der Waals surface area contributed by atoms with Gasteiger partial charge in [0.1, 0.15) is 0 Å². The van der Waals surface area contributed by atoms with Crippen LogP contribution in [0.1, 0.15) is 107 Å². The van der Waals surface area contributed by atoms with Crippen LogP contribution in [-0.2, 0) is 5.41 Å². The predicted molar refractivity (Wildman–Crippen MR) is 148 cm³/mol. The van der Waals surface area contributed by atoms with E-state index in [1.165, 1.54) is 46.4 Å². The third-order valence-corrected chi connectivity index (χ3v) is 7.41. The Bertz CT molecular complexity index is 941. The minimum atomic E-state index is -0.0203. The summed E-state index contributed by atoms with van der Waals surface area (Å²) in [4.78, 5) is 0. The van der Waals surface area contributed by atoms with Crippen LogP contribution in [-0.4, -0.2) is 0 Å². The van der Waals surface area contributed by atoms with Crippen LogP contribution < -0.4 is 5.32 Å². The molecule has 1 N–H and O–H groups in total. The predicted octanol–water partition coefficient (Wildman–Crippen LogP) is 9.58. The summed E-state index contributed by atoms with van der Waals surface area (Å²) in [7, 11) is 0. The fourth-order valence-electron chi connectivity index (χ4n) is 4.94. The quantitative estimate of drug-likeness (QED) is 0.484. The third kappa shape index (κ3) is 5.73. The van der Waals surface area contributed by atoms with Gasteiger partial charge < -0.3 is 5.32 Å². The van der Waals surface area contributed by atoms with Crippen LogP contribution in [0.5, 0.6) is 0 Å². The molecule has 0 saturated heterocycles. The van der Waals surface area contributed by atoms with Gasteiger partial charge in [-0.3, -0.25) is 0 Å². The van der Waals surface area contributed by atoms with E-state index in [1.54, 1.807) is 0 Å². The van der Waals surface area contributed by atoms with Crippen molar-refractivity contribution in [3.63, 3.8) is 0 Å². The van der Waals surface area contributed by atoms with E-state index in [4.69, 9.17) is 0 Å². The molecule has 1 aromatic carbocycles. The van der Waals surface area contributed by atoms with E-state index in [9.17, 15) is 0 Å². The molecule has 33 heavy (non-hydrogen) atoms. The van der Waals surface area contributed by atoms with Crippen molar-refractivity contribution >= 4 is 5.57 Å². The molecule has 1 nitrogen and oxygen atoms in total. The molecule has 0 aromatic heterocycles. The summed E-state index contributed by atoms with van der Waals surface area (Å²) in [5.74, 6) is 0.503. The molecule has 1 aromatic rings. The molecule has 0 heterocycles. The monoisotopic (exact) mass is 447 g/mol. The van der Waals surface area contributed by atoms with E-state index in [2.05, 4.69) is 130 Å². The molecule has 3 rings (SSSR count). The maximum Gasteiger partial charge on any atom is 0.0426 e. The van der Waals surface area contributed by atoms with Crippen molar-refractivity contribution in [2.75, 3.05) is 0 Å². The maximum atomic E-state index is 3.65. The molecule has 0 amide bonds. The van der Waals surface area contributed by atoms with Crippen molar-refractivity contribution < 1.29 is 0 Å². The molecule has 0 spiro atoms. The van der Waals surface area contributed by atoms with Crippen LogP contribution >= 0.6 is 0 Å². The summed E-state index contributed by atoms with van der Waals surface area (Å²) >= 11 is 0. The maximum absolute atomic E-state index is 3.65. The summed E-state index contributed by atoms with van der Waals surface area (Å²) in [6.07, 6.45) is 12.7. The Labute approximate surface area is 205 Å². The van der Waals surface area contributed by atoms with Crippen LogP contribution in [0.4, 0.5) is 0 Å². The topological polar surface area (TPSA) is 12.0 Å². The molecule has 0 saturated carbocycles. The first-order chi connectivity index (χ1) is 15.3. The van der Waals surface area contributed by atoms with E-state index in [1.807, 2.05) is 0 Å². The zero-order chi connectivity index (χ0) is 25.0.